The van der Waals surface area contributed by atoms with E-state index < -0.39 is 24.8 Å². The van der Waals surface area contributed by atoms with Gasteiger partial charge in [-0.25, -0.2) is 4.79 Å². The van der Waals surface area contributed by atoms with Crippen molar-refractivity contribution in [2.45, 2.75) is 39.3 Å². The number of hydrogen-bond donors (Lipinski definition) is 3. The monoisotopic (exact) mass is 290 g/mol. The average Bonchev–Trinajstić information content (AvgIpc) is 2.38. The quantitative estimate of drug-likeness (QED) is 0.337. The Hall–Kier alpha value is -1.18. The van der Waals surface area contributed by atoms with E-state index in [1.165, 1.54) is 6.42 Å². The summed E-state index contributed by atoms with van der Waals surface area (Å²) >= 11 is 0. The lowest BCUT2D eigenvalue weighted by atomic mass is 10.2. The highest BCUT2D eigenvalue weighted by atomic mass is 16.5. The molecule has 1 atom stereocenters. The second-order valence-corrected chi connectivity index (χ2v) is 4.63. The first-order chi connectivity index (χ1) is 9.47. The van der Waals surface area contributed by atoms with E-state index in [9.17, 15) is 9.59 Å². The largest absolute Gasteiger partial charge is 0.480 e. The van der Waals surface area contributed by atoms with E-state index >= 15 is 0 Å². The number of unbranched alkanes of at least 4 members (excludes halogenated alkanes) is 2. The Bertz CT molecular complexity index is 286. The number of aliphatic carboxylic acids is 2. The Morgan fingerprint density at radius 2 is 1.90 bits per heavy atom. The molecule has 20 heavy (non-hydrogen) atoms. The lowest BCUT2D eigenvalue weighted by Gasteiger charge is -2.27. The van der Waals surface area contributed by atoms with Gasteiger partial charge in [-0.3, -0.25) is 9.69 Å². The van der Waals surface area contributed by atoms with Gasteiger partial charge in [-0.2, -0.15) is 0 Å². The molecule has 0 aliphatic carbocycles. The van der Waals surface area contributed by atoms with Gasteiger partial charge in [0.2, 0.25) is 0 Å². The van der Waals surface area contributed by atoms with Crippen LogP contribution >= 0.6 is 0 Å². The Morgan fingerprint density at radius 3 is 2.45 bits per heavy atom. The van der Waals surface area contributed by atoms with Gasteiger partial charge in [0, 0.05) is 13.1 Å². The molecule has 118 valence electrons. The molecule has 0 spiro atoms. The first-order valence-corrected chi connectivity index (χ1v) is 6.97. The zero-order valence-electron chi connectivity index (χ0n) is 12.3. The van der Waals surface area contributed by atoms with Crippen molar-refractivity contribution in [3.05, 3.63) is 0 Å². The third kappa shape index (κ3) is 10.7. The van der Waals surface area contributed by atoms with Gasteiger partial charge in [0.1, 0.15) is 12.8 Å². The molecule has 7 heteroatoms. The van der Waals surface area contributed by atoms with E-state index in [-0.39, 0.29) is 6.54 Å². The molecule has 7 nitrogen and oxygen atoms in total. The zero-order valence-corrected chi connectivity index (χ0v) is 12.3. The van der Waals surface area contributed by atoms with E-state index in [1.54, 1.807) is 11.8 Å². The van der Waals surface area contributed by atoms with Gasteiger partial charge in [0.15, 0.2) is 0 Å². The van der Waals surface area contributed by atoms with Crippen LogP contribution in [0.5, 0.6) is 0 Å². The summed E-state index contributed by atoms with van der Waals surface area (Å²) in [6.45, 7) is 5.24. The molecule has 0 aromatic heterocycles. The van der Waals surface area contributed by atoms with Gasteiger partial charge in [-0.15, -0.1) is 0 Å². The molecule has 0 bridgehead atoms. The third-order valence-electron chi connectivity index (χ3n) is 2.83. The molecule has 0 aliphatic rings. The van der Waals surface area contributed by atoms with E-state index in [2.05, 4.69) is 12.2 Å². The first kappa shape index (κ1) is 18.8. The topological polar surface area (TPSA) is 99.1 Å². The summed E-state index contributed by atoms with van der Waals surface area (Å²) in [5.41, 5.74) is 0. The number of nitrogens with one attached hydrogen (secondary N) is 1. The maximum Gasteiger partial charge on any atom is 0.329 e. The summed E-state index contributed by atoms with van der Waals surface area (Å²) in [7, 11) is 0. The molecule has 0 saturated heterocycles. The lowest BCUT2D eigenvalue weighted by Crippen LogP contribution is -2.43. The summed E-state index contributed by atoms with van der Waals surface area (Å²) in [4.78, 5) is 22.8. The van der Waals surface area contributed by atoms with Gasteiger partial charge >= 0.3 is 11.9 Å². The number of carbonyl (C=O) groups is 2. The number of hydrogen-bond acceptors (Lipinski definition) is 5. The second-order valence-electron chi connectivity index (χ2n) is 4.63. The molecule has 3 N–H and O–H groups in total. The summed E-state index contributed by atoms with van der Waals surface area (Å²) < 4.78 is 5.10. The zero-order chi connectivity index (χ0) is 15.4. The SMILES string of the molecule is CCCCCNCCN(CC(=O)O)C(C)OCC(=O)O. The lowest BCUT2D eigenvalue weighted by molar-refractivity contribution is -0.151. The van der Waals surface area contributed by atoms with Crippen LogP contribution < -0.4 is 5.32 Å². The normalized spacial score (nSPS) is 12.6. The number of carboxylic acid groups (broad SMARTS) is 2. The third-order valence-corrected chi connectivity index (χ3v) is 2.83. The van der Waals surface area contributed by atoms with Crippen LogP contribution in [-0.4, -0.2) is 66.1 Å². The van der Waals surface area contributed by atoms with Crippen LogP contribution in [0.1, 0.15) is 33.1 Å². The van der Waals surface area contributed by atoms with Crippen molar-refractivity contribution in [2.75, 3.05) is 32.8 Å². The van der Waals surface area contributed by atoms with Gasteiger partial charge < -0.3 is 20.3 Å². The predicted molar refractivity (Wildman–Crippen MR) is 74.7 cm³/mol. The van der Waals surface area contributed by atoms with Crippen molar-refractivity contribution in [3.63, 3.8) is 0 Å². The highest BCUT2D eigenvalue weighted by Crippen LogP contribution is 2.00. The fourth-order valence-electron chi connectivity index (χ4n) is 1.71. The van der Waals surface area contributed by atoms with Crippen LogP contribution in [0.4, 0.5) is 0 Å². The Labute approximate surface area is 119 Å². The molecule has 0 aromatic rings. The van der Waals surface area contributed by atoms with Crippen LogP contribution in [0, 0.1) is 0 Å². The smallest absolute Gasteiger partial charge is 0.329 e. The van der Waals surface area contributed by atoms with Gasteiger partial charge in [0.05, 0.1) is 6.54 Å². The Kier molecular flexibility index (Phi) is 10.9. The molecule has 0 aromatic carbocycles. The van der Waals surface area contributed by atoms with Crippen LogP contribution in [-0.2, 0) is 14.3 Å². The van der Waals surface area contributed by atoms with Crippen molar-refractivity contribution in [2.24, 2.45) is 0 Å². The molecule has 1 unspecified atom stereocenters. The maximum atomic E-state index is 10.8. The molecule has 0 radical (unpaired) electrons. The molecule has 0 amide bonds. The number of ether oxygens (including phenoxy) is 1. The second kappa shape index (κ2) is 11.6. The predicted octanol–water partition coefficient (Wildman–Crippen LogP) is 0.600. The minimum Gasteiger partial charge on any atom is -0.480 e. The molecular weight excluding hydrogens is 264 g/mol. The highest BCUT2D eigenvalue weighted by Gasteiger charge is 2.17. The summed E-state index contributed by atoms with van der Waals surface area (Å²) in [5, 5.41) is 20.6. The summed E-state index contributed by atoms with van der Waals surface area (Å²) in [5.74, 6) is -2.02. The standard InChI is InChI=1S/C13H26N2O5/c1-3-4-5-6-14-7-8-15(9-12(16)17)11(2)20-10-13(18)19/h11,14H,3-10H2,1-2H3,(H,16,17)(H,18,19). The van der Waals surface area contributed by atoms with Crippen molar-refractivity contribution in [3.8, 4) is 0 Å². The maximum absolute atomic E-state index is 10.8. The fraction of sp³-hybridized carbons (Fsp3) is 0.846. The molecule has 0 aliphatic heterocycles. The highest BCUT2D eigenvalue weighted by molar-refractivity contribution is 5.69. The Morgan fingerprint density at radius 1 is 1.20 bits per heavy atom. The van der Waals surface area contributed by atoms with Crippen molar-refractivity contribution in [1.29, 1.82) is 0 Å². The number of nitrogens with zero attached hydrogens (tertiary/aromatic N) is 1. The Balaban J connectivity index is 4.00. The number of rotatable bonds is 13. The van der Waals surface area contributed by atoms with Crippen LogP contribution in [0.3, 0.4) is 0 Å². The van der Waals surface area contributed by atoms with E-state index in [4.69, 9.17) is 14.9 Å². The van der Waals surface area contributed by atoms with E-state index in [0.717, 1.165) is 19.4 Å². The first-order valence-electron chi connectivity index (χ1n) is 6.97. The van der Waals surface area contributed by atoms with Crippen molar-refractivity contribution >= 4 is 11.9 Å². The van der Waals surface area contributed by atoms with Crippen molar-refractivity contribution in [1.82, 2.24) is 10.2 Å². The minimum atomic E-state index is -1.06. The molecule has 0 saturated carbocycles. The molecular formula is C13H26N2O5. The van der Waals surface area contributed by atoms with Crippen LogP contribution in [0.15, 0.2) is 0 Å². The molecule has 0 rings (SSSR count). The van der Waals surface area contributed by atoms with Crippen LogP contribution in [0.25, 0.3) is 0 Å². The van der Waals surface area contributed by atoms with E-state index in [0.29, 0.717) is 13.1 Å². The molecule has 0 fully saturated rings. The summed E-state index contributed by atoms with van der Waals surface area (Å²) in [6.07, 6.45) is 2.89. The van der Waals surface area contributed by atoms with Crippen molar-refractivity contribution < 1.29 is 24.5 Å². The average molecular weight is 290 g/mol. The summed E-state index contributed by atoms with van der Waals surface area (Å²) in [6, 6.07) is 0. The van der Waals surface area contributed by atoms with Gasteiger partial charge in [-0.1, -0.05) is 19.8 Å². The van der Waals surface area contributed by atoms with Gasteiger partial charge in [-0.05, 0) is 19.9 Å². The fourth-order valence-corrected chi connectivity index (χ4v) is 1.71. The van der Waals surface area contributed by atoms with Crippen LogP contribution in [0.2, 0.25) is 0 Å². The van der Waals surface area contributed by atoms with E-state index in [1.807, 2.05) is 0 Å². The number of carboxylic acids is 2. The molecule has 0 heterocycles. The van der Waals surface area contributed by atoms with Gasteiger partial charge in [0.25, 0.3) is 0 Å². The minimum absolute atomic E-state index is 0.169.